The quantitative estimate of drug-likeness (QED) is 0.171. The fraction of sp³-hybridized carbons (Fsp3) is 0.342. The first-order chi connectivity index (χ1) is 22.7. The summed E-state index contributed by atoms with van der Waals surface area (Å²) in [6, 6.07) is 29.8. The zero-order valence-electron chi connectivity index (χ0n) is 27.1. The average molecular weight is 633 g/mol. The van der Waals surface area contributed by atoms with Crippen LogP contribution in [-0.2, 0) is 18.0 Å². The van der Waals surface area contributed by atoms with Gasteiger partial charge in [0.25, 0.3) is 0 Å². The fourth-order valence-corrected chi connectivity index (χ4v) is 6.21. The van der Waals surface area contributed by atoms with Gasteiger partial charge in [-0.25, -0.2) is 9.78 Å². The number of likely N-dealkylation sites (tertiary alicyclic amines) is 1. The number of amides is 1. The van der Waals surface area contributed by atoms with Gasteiger partial charge in [0.05, 0.1) is 5.56 Å². The monoisotopic (exact) mass is 632 g/mol. The maximum atomic E-state index is 12.5. The van der Waals surface area contributed by atoms with Crippen LogP contribution >= 0.6 is 0 Å². The summed E-state index contributed by atoms with van der Waals surface area (Å²) in [7, 11) is 0. The lowest BCUT2D eigenvalue weighted by Gasteiger charge is -2.54. The van der Waals surface area contributed by atoms with Crippen LogP contribution in [0.5, 0.6) is 11.8 Å². The van der Waals surface area contributed by atoms with Crippen molar-refractivity contribution >= 4 is 22.9 Å². The standard InChI is InChI=1S/C38H40N4O5/c1-37(2,3)47-36(43)41-20-18-38(19-21-41)25-42(26-38)29-14-16-31-32(22-29)46-35(39-31)30-15-17-33(44-23-27-10-6-4-7-11-27)40-34(30)45-24-28-12-8-5-9-13-28/h4-17,22H,18-21,23-26H2,1-3H3. The Kier molecular flexibility index (Phi) is 8.22. The SMILES string of the molecule is CC(C)(C)OC(=O)N1CCC2(CC1)CN(c1ccc3nc(-c4ccc(OCc5ccccc5)nc4OCc4ccccc4)oc3c1)C2. The number of pyridine rings is 1. The van der Waals surface area contributed by atoms with Gasteiger partial charge in [0.2, 0.25) is 17.7 Å². The summed E-state index contributed by atoms with van der Waals surface area (Å²) in [4.78, 5) is 26.3. The molecule has 47 heavy (non-hydrogen) atoms. The van der Waals surface area contributed by atoms with Crippen LogP contribution in [0.25, 0.3) is 22.6 Å². The first kappa shape index (κ1) is 30.6. The van der Waals surface area contributed by atoms with Gasteiger partial charge >= 0.3 is 6.09 Å². The van der Waals surface area contributed by atoms with Crippen LogP contribution in [0.3, 0.4) is 0 Å². The maximum Gasteiger partial charge on any atom is 0.410 e. The molecule has 1 spiro atoms. The first-order valence-corrected chi connectivity index (χ1v) is 16.2. The van der Waals surface area contributed by atoms with Crippen LogP contribution in [0.1, 0.15) is 44.7 Å². The van der Waals surface area contributed by atoms with Gasteiger partial charge < -0.3 is 28.4 Å². The van der Waals surface area contributed by atoms with Gasteiger partial charge in [-0.3, -0.25) is 0 Å². The van der Waals surface area contributed by atoms with Crippen molar-refractivity contribution in [2.75, 3.05) is 31.1 Å². The van der Waals surface area contributed by atoms with Crippen molar-refractivity contribution in [1.82, 2.24) is 14.9 Å². The zero-order valence-corrected chi connectivity index (χ0v) is 27.1. The van der Waals surface area contributed by atoms with Gasteiger partial charge in [0.1, 0.15) is 24.3 Å². The van der Waals surface area contributed by atoms with E-state index in [0.717, 1.165) is 61.4 Å². The number of anilines is 1. The third-order valence-electron chi connectivity index (χ3n) is 8.78. The smallest absolute Gasteiger partial charge is 0.410 e. The van der Waals surface area contributed by atoms with Crippen LogP contribution in [-0.4, -0.2) is 52.7 Å². The van der Waals surface area contributed by atoms with Gasteiger partial charge in [-0.15, -0.1) is 0 Å². The fourth-order valence-electron chi connectivity index (χ4n) is 6.21. The number of carbonyl (C=O) groups excluding carboxylic acids is 1. The zero-order chi connectivity index (χ0) is 32.4. The number of fused-ring (bicyclic) bond motifs is 1. The molecule has 0 radical (unpaired) electrons. The first-order valence-electron chi connectivity index (χ1n) is 16.2. The normalized spacial score (nSPS) is 15.8. The molecule has 2 fully saturated rings. The Labute approximate surface area is 275 Å². The van der Waals surface area contributed by atoms with E-state index in [4.69, 9.17) is 28.6 Å². The molecule has 2 aliphatic heterocycles. The maximum absolute atomic E-state index is 12.5. The average Bonchev–Trinajstić information content (AvgIpc) is 3.49. The molecule has 1 amide bonds. The second kappa shape index (κ2) is 12.6. The Morgan fingerprint density at radius 2 is 1.49 bits per heavy atom. The second-order valence-electron chi connectivity index (χ2n) is 13.5. The van der Waals surface area contributed by atoms with E-state index in [1.165, 1.54) is 0 Å². The van der Waals surface area contributed by atoms with Crippen LogP contribution in [0.2, 0.25) is 0 Å². The highest BCUT2D eigenvalue weighted by Crippen LogP contribution is 2.43. The molecule has 0 saturated carbocycles. The number of rotatable bonds is 8. The van der Waals surface area contributed by atoms with Gasteiger partial charge in [-0.05, 0) is 62.9 Å². The molecule has 0 N–H and O–H groups in total. The molecule has 2 aromatic heterocycles. The van der Waals surface area contributed by atoms with E-state index in [1.807, 2.05) is 105 Å². The number of aromatic nitrogens is 2. The number of piperidine rings is 1. The van der Waals surface area contributed by atoms with Crippen molar-refractivity contribution in [2.24, 2.45) is 5.41 Å². The Hall–Kier alpha value is -5.05. The summed E-state index contributed by atoms with van der Waals surface area (Å²) in [6.07, 6.45) is 1.73. The summed E-state index contributed by atoms with van der Waals surface area (Å²) in [5, 5.41) is 0. The number of carbonyl (C=O) groups is 1. The van der Waals surface area contributed by atoms with Crippen molar-refractivity contribution in [2.45, 2.75) is 52.4 Å². The predicted molar refractivity (Wildman–Crippen MR) is 180 cm³/mol. The van der Waals surface area contributed by atoms with Crippen molar-refractivity contribution < 1.29 is 23.4 Å². The van der Waals surface area contributed by atoms with Crippen LogP contribution in [0.15, 0.2) is 95.4 Å². The molecule has 0 aliphatic carbocycles. The molecule has 7 rings (SSSR count). The van der Waals surface area contributed by atoms with Crippen molar-refractivity contribution in [3.05, 3.63) is 102 Å². The molecule has 0 bridgehead atoms. The van der Waals surface area contributed by atoms with E-state index in [9.17, 15) is 4.79 Å². The highest BCUT2D eigenvalue weighted by atomic mass is 16.6. The third kappa shape index (κ3) is 7.04. The van der Waals surface area contributed by atoms with E-state index in [2.05, 4.69) is 17.0 Å². The number of hydrogen-bond donors (Lipinski definition) is 0. The molecule has 4 heterocycles. The van der Waals surface area contributed by atoms with E-state index >= 15 is 0 Å². The molecule has 2 aliphatic rings. The largest absolute Gasteiger partial charge is 0.473 e. The lowest BCUT2D eigenvalue weighted by atomic mass is 9.72. The summed E-state index contributed by atoms with van der Waals surface area (Å²) in [5.74, 6) is 1.30. The molecule has 0 atom stereocenters. The Morgan fingerprint density at radius 3 is 2.15 bits per heavy atom. The number of hydrogen-bond acceptors (Lipinski definition) is 8. The highest BCUT2D eigenvalue weighted by Gasteiger charge is 2.46. The van der Waals surface area contributed by atoms with Crippen LogP contribution < -0.4 is 14.4 Å². The summed E-state index contributed by atoms with van der Waals surface area (Å²) < 4.78 is 24.2. The second-order valence-corrected chi connectivity index (χ2v) is 13.5. The number of nitrogens with zero attached hydrogens (tertiary/aromatic N) is 4. The van der Waals surface area contributed by atoms with Gasteiger partial charge in [0, 0.05) is 49.4 Å². The predicted octanol–water partition coefficient (Wildman–Crippen LogP) is 7.89. The molecular weight excluding hydrogens is 592 g/mol. The third-order valence-corrected chi connectivity index (χ3v) is 8.78. The van der Waals surface area contributed by atoms with Crippen LogP contribution in [0, 0.1) is 5.41 Å². The lowest BCUT2D eigenvalue weighted by molar-refractivity contribution is 0.00598. The van der Waals surface area contributed by atoms with E-state index in [-0.39, 0.29) is 11.5 Å². The van der Waals surface area contributed by atoms with Gasteiger partial charge in [-0.1, -0.05) is 60.7 Å². The van der Waals surface area contributed by atoms with E-state index < -0.39 is 5.60 Å². The summed E-state index contributed by atoms with van der Waals surface area (Å²) >= 11 is 0. The molecule has 0 unspecified atom stereocenters. The van der Waals surface area contributed by atoms with Crippen molar-refractivity contribution in [3.8, 4) is 23.2 Å². The summed E-state index contributed by atoms with van der Waals surface area (Å²) in [6.45, 7) is 9.82. The lowest BCUT2D eigenvalue weighted by Crippen LogP contribution is -2.61. The Bertz CT molecular complexity index is 1840. The van der Waals surface area contributed by atoms with Gasteiger partial charge in [-0.2, -0.15) is 4.98 Å². The molecular formula is C38H40N4O5. The summed E-state index contributed by atoms with van der Waals surface area (Å²) in [5.41, 5.74) is 5.06. The van der Waals surface area contributed by atoms with E-state index in [1.54, 1.807) is 0 Å². The molecule has 3 aromatic carbocycles. The minimum absolute atomic E-state index is 0.215. The molecule has 5 aromatic rings. The number of benzene rings is 3. The molecule has 2 saturated heterocycles. The van der Waals surface area contributed by atoms with Crippen molar-refractivity contribution in [1.29, 1.82) is 0 Å². The van der Waals surface area contributed by atoms with Crippen molar-refractivity contribution in [3.63, 3.8) is 0 Å². The molecule has 242 valence electrons. The van der Waals surface area contributed by atoms with Crippen LogP contribution in [0.4, 0.5) is 10.5 Å². The minimum Gasteiger partial charge on any atom is -0.473 e. The Balaban J connectivity index is 1.05. The number of oxazole rings is 1. The van der Waals surface area contributed by atoms with E-state index in [0.29, 0.717) is 42.0 Å². The number of ether oxygens (including phenoxy) is 3. The van der Waals surface area contributed by atoms with Gasteiger partial charge in [0.15, 0.2) is 5.58 Å². The molecule has 9 heteroatoms. The Morgan fingerprint density at radius 1 is 0.830 bits per heavy atom. The molecule has 9 nitrogen and oxygen atoms in total. The highest BCUT2D eigenvalue weighted by molar-refractivity contribution is 5.81. The topological polar surface area (TPSA) is 90.2 Å². The minimum atomic E-state index is -0.480.